The van der Waals surface area contributed by atoms with E-state index in [4.69, 9.17) is 0 Å². The van der Waals surface area contributed by atoms with Gasteiger partial charge in [-0.1, -0.05) is 23.8 Å². The van der Waals surface area contributed by atoms with E-state index in [1.165, 1.54) is 0 Å². The second-order valence-corrected chi connectivity index (χ2v) is 1.54. The van der Waals surface area contributed by atoms with Gasteiger partial charge in [-0.25, -0.2) is 0 Å². The van der Waals surface area contributed by atoms with Crippen molar-refractivity contribution in [2.75, 3.05) is 0 Å². The first-order valence-electron chi connectivity index (χ1n) is 1.67. The monoisotopic (exact) mass is 118 g/mol. The highest BCUT2D eigenvalue weighted by atomic mass is 31.0. The lowest BCUT2D eigenvalue weighted by atomic mass is 10.6. The van der Waals surface area contributed by atoms with E-state index in [0.29, 0.717) is 0 Å². The second kappa shape index (κ2) is 5.34. The van der Waals surface area contributed by atoms with E-state index in [9.17, 15) is 0 Å². The van der Waals surface area contributed by atoms with Gasteiger partial charge in [-0.15, -0.1) is 18.5 Å². The van der Waals surface area contributed by atoms with Gasteiger partial charge in [-0.3, -0.25) is 0 Å². The molecular weight excluding hydrogens is 110 g/mol. The maximum absolute atomic E-state index is 2.49. The topological polar surface area (TPSA) is 0 Å². The molecule has 0 fully saturated rings. The quantitative estimate of drug-likeness (QED) is 0.363. The fourth-order valence-electron chi connectivity index (χ4n) is 0.128. The number of hydrogen-bond donors (Lipinski definition) is 0. The minimum absolute atomic E-state index is 1.90. The molecule has 2 unspecified atom stereocenters. The van der Waals surface area contributed by atoms with Crippen molar-refractivity contribution in [3.63, 3.8) is 0 Å². The Balaban J connectivity index is 3.07. The molecule has 0 nitrogen and oxygen atoms in total. The van der Waals surface area contributed by atoms with Crippen LogP contribution in [0.4, 0.5) is 0 Å². The zero-order chi connectivity index (χ0) is 4.83. The minimum atomic E-state index is 1.90. The van der Waals surface area contributed by atoms with E-state index in [1.807, 2.05) is 23.8 Å². The molecule has 0 saturated heterocycles. The number of rotatable bonds is 1. The highest BCUT2D eigenvalue weighted by Gasteiger charge is 1.48. The summed E-state index contributed by atoms with van der Waals surface area (Å²) in [5.74, 6) is 3.81. The summed E-state index contributed by atoms with van der Waals surface area (Å²) in [5.41, 5.74) is 0. The largest absolute Gasteiger partial charge is 0.114 e. The van der Waals surface area contributed by atoms with Crippen LogP contribution in [0.2, 0.25) is 0 Å². The van der Waals surface area contributed by atoms with Crippen molar-refractivity contribution in [1.82, 2.24) is 0 Å². The van der Waals surface area contributed by atoms with Gasteiger partial charge in [0.15, 0.2) is 0 Å². The van der Waals surface area contributed by atoms with Crippen molar-refractivity contribution in [2.24, 2.45) is 0 Å². The molecule has 0 N–H and O–H groups in total. The summed E-state index contributed by atoms with van der Waals surface area (Å²) >= 11 is 0. The van der Waals surface area contributed by atoms with E-state index in [1.54, 1.807) is 0 Å². The van der Waals surface area contributed by atoms with Crippen LogP contribution >= 0.6 is 18.5 Å². The highest BCUT2D eigenvalue weighted by Crippen LogP contribution is 1.87. The third-order valence-electron chi connectivity index (χ3n) is 0.333. The summed E-state index contributed by atoms with van der Waals surface area (Å²) in [4.78, 5) is 0. The number of allylic oxidation sites excluding steroid dienone is 2. The van der Waals surface area contributed by atoms with Crippen molar-refractivity contribution in [1.29, 1.82) is 0 Å². The van der Waals surface area contributed by atoms with Crippen LogP contribution < -0.4 is 0 Å². The maximum Gasteiger partial charge on any atom is -0.0623 e. The average Bonchev–Trinajstić information content (AvgIpc) is 1.61. The fraction of sp³-hybridized carbons (Fsp3) is 0. The van der Waals surface area contributed by atoms with Crippen LogP contribution in [0, 0.1) is 0 Å². The fourth-order valence-corrected chi connectivity index (χ4v) is 0.385. The summed E-state index contributed by atoms with van der Waals surface area (Å²) in [6.07, 6.45) is 3.88. The van der Waals surface area contributed by atoms with Crippen LogP contribution in [0.25, 0.3) is 0 Å². The van der Waals surface area contributed by atoms with Gasteiger partial charge in [0.05, 0.1) is 0 Å². The third-order valence-corrected chi connectivity index (χ3v) is 0.778. The third kappa shape index (κ3) is 4.34. The molecule has 6 heavy (non-hydrogen) atoms. The molecule has 0 amide bonds. The van der Waals surface area contributed by atoms with E-state index in [2.05, 4.69) is 18.5 Å². The molecule has 0 heterocycles. The molecule has 0 saturated carbocycles. The molecule has 0 aliphatic carbocycles. The molecule has 2 heteroatoms. The average molecular weight is 118 g/mol. The molecule has 0 radical (unpaired) electrons. The molecule has 0 aromatic carbocycles. The molecule has 0 rings (SSSR count). The van der Waals surface area contributed by atoms with Crippen molar-refractivity contribution < 1.29 is 0 Å². The maximum atomic E-state index is 2.49. The van der Waals surface area contributed by atoms with Crippen LogP contribution in [0.5, 0.6) is 0 Å². The van der Waals surface area contributed by atoms with Crippen molar-refractivity contribution in [3.8, 4) is 0 Å². The molecule has 0 aromatic rings. The molecule has 0 aliphatic rings. The smallest absolute Gasteiger partial charge is 0.0623 e. The first-order chi connectivity index (χ1) is 2.91. The predicted molar refractivity (Wildman–Crippen MR) is 37.7 cm³/mol. The minimum Gasteiger partial charge on any atom is -0.114 e. The van der Waals surface area contributed by atoms with Gasteiger partial charge in [-0.05, 0) is 0 Å². The molecular formula is C4H8P2. The summed E-state index contributed by atoms with van der Waals surface area (Å²) in [7, 11) is 4.98. The van der Waals surface area contributed by atoms with E-state index >= 15 is 0 Å². The Morgan fingerprint density at radius 1 is 0.833 bits per heavy atom. The van der Waals surface area contributed by atoms with E-state index in [-0.39, 0.29) is 0 Å². The Bertz CT molecular complexity index is 53.9. The Morgan fingerprint density at radius 3 is 1.33 bits per heavy atom. The van der Waals surface area contributed by atoms with Crippen LogP contribution in [-0.2, 0) is 0 Å². The highest BCUT2D eigenvalue weighted by molar-refractivity contribution is 7.21. The van der Waals surface area contributed by atoms with Crippen LogP contribution in [0.1, 0.15) is 0 Å². The molecule has 34 valence electrons. The Hall–Kier alpha value is 0.340. The van der Waals surface area contributed by atoms with Crippen LogP contribution in [0.15, 0.2) is 23.8 Å². The second-order valence-electron chi connectivity index (χ2n) is 0.770. The Labute approximate surface area is 43.1 Å². The molecule has 0 aromatic heterocycles. The standard InChI is InChI=1S/C4H8P2/c5-3-1-2-4-6/h1-4H,5-6H2/b3-1-,4-2-. The van der Waals surface area contributed by atoms with Gasteiger partial charge in [0.2, 0.25) is 0 Å². The van der Waals surface area contributed by atoms with Gasteiger partial charge < -0.3 is 0 Å². The van der Waals surface area contributed by atoms with Gasteiger partial charge in [-0.2, -0.15) is 0 Å². The zero-order valence-electron chi connectivity index (χ0n) is 3.46. The van der Waals surface area contributed by atoms with Crippen molar-refractivity contribution in [3.05, 3.63) is 23.8 Å². The van der Waals surface area contributed by atoms with Crippen LogP contribution in [0.3, 0.4) is 0 Å². The SMILES string of the molecule is P/C=C\C=C/P. The molecule has 0 spiro atoms. The first kappa shape index (κ1) is 6.34. The molecule has 2 atom stereocenters. The lowest BCUT2D eigenvalue weighted by molar-refractivity contribution is 2.10. The zero-order valence-corrected chi connectivity index (χ0v) is 5.77. The lowest BCUT2D eigenvalue weighted by Gasteiger charge is -1.62. The van der Waals surface area contributed by atoms with Crippen LogP contribution in [-0.4, -0.2) is 0 Å². The van der Waals surface area contributed by atoms with E-state index < -0.39 is 0 Å². The van der Waals surface area contributed by atoms with Gasteiger partial charge >= 0.3 is 0 Å². The normalized spacial score (nSPS) is 11.7. The summed E-state index contributed by atoms with van der Waals surface area (Å²) in [5, 5.41) is 0. The predicted octanol–water partition coefficient (Wildman–Crippen LogP) is 1.76. The first-order valence-corrected chi connectivity index (χ1v) is 3.00. The van der Waals surface area contributed by atoms with E-state index in [0.717, 1.165) is 0 Å². The summed E-state index contributed by atoms with van der Waals surface area (Å²) in [6.45, 7) is 0. The number of hydrogen-bond acceptors (Lipinski definition) is 0. The van der Waals surface area contributed by atoms with Gasteiger partial charge in [0.1, 0.15) is 0 Å². The Morgan fingerprint density at radius 2 is 1.17 bits per heavy atom. The lowest BCUT2D eigenvalue weighted by Crippen LogP contribution is -1.33. The summed E-state index contributed by atoms with van der Waals surface area (Å²) in [6, 6.07) is 0. The Kier molecular flexibility index (Phi) is 5.64. The van der Waals surface area contributed by atoms with Gasteiger partial charge in [0.25, 0.3) is 0 Å². The van der Waals surface area contributed by atoms with Crippen molar-refractivity contribution in [2.45, 2.75) is 0 Å². The summed E-state index contributed by atoms with van der Waals surface area (Å²) < 4.78 is 0. The van der Waals surface area contributed by atoms with Crippen molar-refractivity contribution >= 4 is 18.5 Å². The molecule has 0 bridgehead atoms. The van der Waals surface area contributed by atoms with Gasteiger partial charge in [0, 0.05) is 0 Å². The molecule has 0 aliphatic heterocycles.